The van der Waals surface area contributed by atoms with E-state index in [4.69, 9.17) is 4.55 Å². The van der Waals surface area contributed by atoms with Crippen molar-refractivity contribution in [3.05, 3.63) is 36.2 Å². The van der Waals surface area contributed by atoms with Gasteiger partial charge in [-0.25, -0.2) is 10.4 Å². The molecule has 0 radical (unpaired) electrons. The van der Waals surface area contributed by atoms with E-state index in [1.165, 1.54) is 29.3 Å². The van der Waals surface area contributed by atoms with E-state index < -0.39 is 10.1 Å². The maximum Gasteiger partial charge on any atom is 0.294 e. The first-order valence-corrected chi connectivity index (χ1v) is 6.36. The number of benzene rings is 1. The fourth-order valence-electron chi connectivity index (χ4n) is 1.58. The summed E-state index contributed by atoms with van der Waals surface area (Å²) in [5, 5.41) is 11.0. The molecule has 0 fully saturated rings. The van der Waals surface area contributed by atoms with Crippen molar-refractivity contribution in [2.75, 3.05) is 5.01 Å². The average molecular weight is 256 g/mol. The summed E-state index contributed by atoms with van der Waals surface area (Å²) in [5.74, 6) is 0.0529. The van der Waals surface area contributed by atoms with Crippen molar-refractivity contribution in [2.24, 2.45) is 0 Å². The second-order valence-corrected chi connectivity index (χ2v) is 5.17. The quantitative estimate of drug-likeness (QED) is 0.685. The normalized spacial score (nSPS) is 20.5. The number of aliphatic hydroxyl groups is 1. The highest BCUT2D eigenvalue weighted by Crippen LogP contribution is 2.22. The molecule has 1 aliphatic heterocycles. The van der Waals surface area contributed by atoms with Crippen LogP contribution in [0.4, 0.5) is 5.69 Å². The van der Waals surface area contributed by atoms with Crippen LogP contribution in [-0.4, -0.2) is 24.1 Å². The molecule has 1 heterocycles. The Labute approximate surface area is 98.9 Å². The summed E-state index contributed by atoms with van der Waals surface area (Å²) in [5.41, 5.74) is 3.54. The molecule has 1 aliphatic rings. The third-order valence-corrected chi connectivity index (χ3v) is 3.22. The van der Waals surface area contributed by atoms with Gasteiger partial charge in [-0.05, 0) is 37.3 Å². The molecule has 0 aromatic heterocycles. The Bertz CT molecular complexity index is 550. The van der Waals surface area contributed by atoms with Crippen molar-refractivity contribution in [3.63, 3.8) is 0 Å². The van der Waals surface area contributed by atoms with E-state index in [2.05, 4.69) is 5.43 Å². The van der Waals surface area contributed by atoms with E-state index >= 15 is 0 Å². The van der Waals surface area contributed by atoms with Crippen LogP contribution in [0.15, 0.2) is 41.1 Å². The van der Waals surface area contributed by atoms with Crippen LogP contribution in [0, 0.1) is 0 Å². The van der Waals surface area contributed by atoms with Crippen molar-refractivity contribution in [1.82, 2.24) is 5.43 Å². The summed E-state index contributed by atoms with van der Waals surface area (Å²) in [4.78, 5) is -0.183. The first-order chi connectivity index (χ1) is 7.88. The predicted octanol–water partition coefficient (Wildman–Crippen LogP) is 1.05. The summed E-state index contributed by atoms with van der Waals surface area (Å²) < 4.78 is 30.5. The molecule has 1 unspecified atom stereocenters. The minimum Gasteiger partial charge on any atom is -0.494 e. The lowest BCUT2D eigenvalue weighted by Gasteiger charge is -2.19. The van der Waals surface area contributed by atoms with Crippen molar-refractivity contribution >= 4 is 15.8 Å². The molecule has 0 saturated heterocycles. The molecular formula is C10H12N2O4S. The largest absolute Gasteiger partial charge is 0.494 e. The van der Waals surface area contributed by atoms with Gasteiger partial charge in [0, 0.05) is 6.04 Å². The number of nitrogens with one attached hydrogen (secondary N) is 1. The van der Waals surface area contributed by atoms with Gasteiger partial charge in [-0.1, -0.05) is 0 Å². The van der Waals surface area contributed by atoms with E-state index in [9.17, 15) is 13.5 Å². The van der Waals surface area contributed by atoms with E-state index in [0.29, 0.717) is 5.69 Å². The van der Waals surface area contributed by atoms with Gasteiger partial charge in [-0.15, -0.1) is 0 Å². The van der Waals surface area contributed by atoms with Crippen LogP contribution in [0.25, 0.3) is 0 Å². The summed E-state index contributed by atoms with van der Waals surface area (Å²) in [6, 6.07) is 5.50. The number of anilines is 1. The predicted molar refractivity (Wildman–Crippen MR) is 62.0 cm³/mol. The summed E-state index contributed by atoms with van der Waals surface area (Å²) in [7, 11) is -4.18. The second-order valence-electron chi connectivity index (χ2n) is 3.75. The third kappa shape index (κ3) is 2.41. The molecule has 6 nitrogen and oxygen atoms in total. The average Bonchev–Trinajstić information content (AvgIpc) is 2.57. The molecule has 92 valence electrons. The minimum absolute atomic E-state index is 0.00347. The van der Waals surface area contributed by atoms with Crippen LogP contribution in [0.1, 0.15) is 6.92 Å². The lowest BCUT2D eigenvalue weighted by Crippen LogP contribution is -2.35. The Morgan fingerprint density at radius 2 is 1.88 bits per heavy atom. The topological polar surface area (TPSA) is 89.9 Å². The lowest BCUT2D eigenvalue weighted by atomic mass is 10.3. The second kappa shape index (κ2) is 4.02. The Morgan fingerprint density at radius 3 is 2.29 bits per heavy atom. The zero-order valence-electron chi connectivity index (χ0n) is 9.03. The molecule has 1 atom stereocenters. The molecule has 0 spiro atoms. The van der Waals surface area contributed by atoms with E-state index in [1.807, 2.05) is 6.92 Å². The van der Waals surface area contributed by atoms with Crippen LogP contribution < -0.4 is 10.4 Å². The molecular weight excluding hydrogens is 244 g/mol. The van der Waals surface area contributed by atoms with Gasteiger partial charge in [0.25, 0.3) is 10.1 Å². The standard InChI is InChI=1S/C10H12N2O4S/c1-7-6-10(13)12(11-7)8-2-4-9(5-3-8)17(14,15)16/h2-7,11,13H,1H3,(H,14,15,16). The molecule has 0 amide bonds. The van der Waals surface area contributed by atoms with Crippen molar-refractivity contribution in [1.29, 1.82) is 0 Å². The van der Waals surface area contributed by atoms with Crippen molar-refractivity contribution < 1.29 is 18.1 Å². The number of nitrogens with zero attached hydrogens (tertiary/aromatic N) is 1. The highest BCUT2D eigenvalue weighted by molar-refractivity contribution is 7.85. The Hall–Kier alpha value is -1.57. The molecule has 1 aromatic rings. The number of hydrazine groups is 1. The van der Waals surface area contributed by atoms with Gasteiger partial charge in [-0.2, -0.15) is 8.42 Å². The maximum absolute atomic E-state index is 10.8. The smallest absolute Gasteiger partial charge is 0.294 e. The fraction of sp³-hybridized carbons (Fsp3) is 0.200. The van der Waals surface area contributed by atoms with Crippen molar-refractivity contribution in [3.8, 4) is 0 Å². The number of hydrogen-bond donors (Lipinski definition) is 3. The summed E-state index contributed by atoms with van der Waals surface area (Å²) >= 11 is 0. The number of hydrogen-bond acceptors (Lipinski definition) is 5. The van der Waals surface area contributed by atoms with Gasteiger partial charge in [0.15, 0.2) is 0 Å². The Morgan fingerprint density at radius 1 is 1.29 bits per heavy atom. The van der Waals surface area contributed by atoms with Gasteiger partial charge >= 0.3 is 0 Å². The van der Waals surface area contributed by atoms with E-state index in [0.717, 1.165) is 0 Å². The van der Waals surface area contributed by atoms with Crippen LogP contribution in [0.3, 0.4) is 0 Å². The molecule has 3 N–H and O–H groups in total. The first-order valence-electron chi connectivity index (χ1n) is 4.92. The number of aliphatic hydroxyl groups excluding tert-OH is 1. The molecule has 0 aliphatic carbocycles. The highest BCUT2D eigenvalue weighted by atomic mass is 32.2. The highest BCUT2D eigenvalue weighted by Gasteiger charge is 2.20. The molecule has 17 heavy (non-hydrogen) atoms. The van der Waals surface area contributed by atoms with Crippen LogP contribution in [0.5, 0.6) is 0 Å². The first kappa shape index (κ1) is 11.9. The maximum atomic E-state index is 10.8. The van der Waals surface area contributed by atoms with Crippen LogP contribution >= 0.6 is 0 Å². The van der Waals surface area contributed by atoms with Gasteiger partial charge in [0.1, 0.15) is 0 Å². The molecule has 2 rings (SSSR count). The van der Waals surface area contributed by atoms with Gasteiger partial charge in [-0.3, -0.25) is 4.55 Å². The van der Waals surface area contributed by atoms with Gasteiger partial charge in [0.05, 0.1) is 10.6 Å². The van der Waals surface area contributed by atoms with E-state index in [1.54, 1.807) is 6.08 Å². The molecule has 7 heteroatoms. The SMILES string of the molecule is CC1C=C(O)N(c2ccc(S(=O)(=O)O)cc2)N1. The van der Waals surface area contributed by atoms with Gasteiger partial charge in [0.2, 0.25) is 5.88 Å². The minimum atomic E-state index is -4.18. The number of rotatable bonds is 2. The zero-order chi connectivity index (χ0) is 12.6. The van der Waals surface area contributed by atoms with Gasteiger partial charge < -0.3 is 5.11 Å². The zero-order valence-corrected chi connectivity index (χ0v) is 9.85. The molecule has 0 saturated carbocycles. The van der Waals surface area contributed by atoms with E-state index in [-0.39, 0.29) is 16.8 Å². The lowest BCUT2D eigenvalue weighted by molar-refractivity contribution is 0.389. The Kier molecular flexibility index (Phi) is 2.82. The summed E-state index contributed by atoms with van der Waals surface area (Å²) in [6.07, 6.45) is 1.62. The third-order valence-electron chi connectivity index (χ3n) is 2.35. The molecule has 0 bridgehead atoms. The van der Waals surface area contributed by atoms with Crippen LogP contribution in [-0.2, 0) is 10.1 Å². The van der Waals surface area contributed by atoms with Crippen LogP contribution in [0.2, 0.25) is 0 Å². The summed E-state index contributed by atoms with van der Waals surface area (Å²) in [6.45, 7) is 1.86. The molecule has 1 aromatic carbocycles. The monoisotopic (exact) mass is 256 g/mol. The van der Waals surface area contributed by atoms with Crippen molar-refractivity contribution in [2.45, 2.75) is 17.9 Å². The Balaban J connectivity index is 2.29. The fourth-order valence-corrected chi connectivity index (χ4v) is 2.06.